The van der Waals surface area contributed by atoms with Gasteiger partial charge in [0.25, 0.3) is 0 Å². The molecule has 1 aromatic rings. The molecule has 1 N–H and O–H groups in total. The van der Waals surface area contributed by atoms with Crippen LogP contribution in [0.4, 0.5) is 13.2 Å². The monoisotopic (exact) mass is 382 g/mol. The topological polar surface area (TPSA) is 15.3 Å². The Kier molecular flexibility index (Phi) is 8.91. The van der Waals surface area contributed by atoms with Crippen molar-refractivity contribution >= 4 is 24.2 Å². The summed E-state index contributed by atoms with van der Waals surface area (Å²) in [5, 5.41) is 3.36. The lowest BCUT2D eigenvalue weighted by molar-refractivity contribution is -0.0328. The third-order valence-electron chi connectivity index (χ3n) is 4.28. The Morgan fingerprint density at radius 2 is 1.75 bits per heavy atom. The van der Waals surface area contributed by atoms with Crippen molar-refractivity contribution in [3.8, 4) is 0 Å². The lowest BCUT2D eigenvalue weighted by atomic mass is 9.89. The lowest BCUT2D eigenvalue weighted by Gasteiger charge is -2.38. The van der Waals surface area contributed by atoms with Crippen molar-refractivity contribution < 1.29 is 13.2 Å². The summed E-state index contributed by atoms with van der Waals surface area (Å²) >= 11 is -0.0482. The molecule has 0 bridgehead atoms. The quantitative estimate of drug-likeness (QED) is 0.689. The van der Waals surface area contributed by atoms with Crippen LogP contribution in [0.1, 0.15) is 38.3 Å². The Morgan fingerprint density at radius 1 is 1.17 bits per heavy atom. The molecule has 0 aliphatic carbocycles. The number of halogens is 4. The summed E-state index contributed by atoms with van der Waals surface area (Å²) in [6.45, 7) is 8.33. The molecule has 7 heteroatoms. The van der Waals surface area contributed by atoms with Crippen LogP contribution >= 0.6 is 24.2 Å². The fourth-order valence-corrected chi connectivity index (χ4v) is 3.88. The minimum Gasteiger partial charge on any atom is -0.314 e. The van der Waals surface area contributed by atoms with E-state index >= 15 is 0 Å². The van der Waals surface area contributed by atoms with Crippen LogP contribution in [-0.2, 0) is 0 Å². The number of benzene rings is 1. The van der Waals surface area contributed by atoms with Crippen LogP contribution in [0.25, 0.3) is 0 Å². The van der Waals surface area contributed by atoms with Gasteiger partial charge >= 0.3 is 5.51 Å². The van der Waals surface area contributed by atoms with Gasteiger partial charge in [0.2, 0.25) is 0 Å². The molecular weight excluding hydrogens is 357 g/mol. The first-order valence-electron chi connectivity index (χ1n) is 8.21. The predicted molar refractivity (Wildman–Crippen MR) is 96.9 cm³/mol. The molecule has 1 heterocycles. The van der Waals surface area contributed by atoms with E-state index < -0.39 is 5.51 Å². The fourth-order valence-electron chi connectivity index (χ4n) is 3.34. The van der Waals surface area contributed by atoms with Gasteiger partial charge < -0.3 is 5.32 Å². The van der Waals surface area contributed by atoms with Gasteiger partial charge in [-0.3, -0.25) is 4.90 Å². The standard InChI is InChI=1S/C17H25F3N2S.ClH/c1-3-4-13(2)16(22-11-9-21-10-12-22)14-5-7-15(8-6-14)23-17(18,19)20;/h5-8,13,16,21H,3-4,9-12H2,1-2H3;1H/t13?,16-;/m0./s1. The van der Waals surface area contributed by atoms with Gasteiger partial charge in [-0.2, -0.15) is 13.2 Å². The minimum atomic E-state index is -4.23. The Balaban J connectivity index is 0.00000288. The zero-order chi connectivity index (χ0) is 16.9. The summed E-state index contributed by atoms with van der Waals surface area (Å²) in [6.07, 6.45) is 2.24. The smallest absolute Gasteiger partial charge is 0.314 e. The molecule has 2 nitrogen and oxygen atoms in total. The minimum absolute atomic E-state index is 0. The highest BCUT2D eigenvalue weighted by molar-refractivity contribution is 8.00. The molecule has 1 fully saturated rings. The van der Waals surface area contributed by atoms with Crippen molar-refractivity contribution in [2.75, 3.05) is 26.2 Å². The molecule has 1 aromatic carbocycles. The van der Waals surface area contributed by atoms with E-state index in [2.05, 4.69) is 24.1 Å². The SMILES string of the molecule is CCCC(C)[C@@H](c1ccc(SC(F)(F)F)cc1)N1CCNCC1.Cl. The van der Waals surface area contributed by atoms with E-state index in [0.717, 1.165) is 44.6 Å². The maximum absolute atomic E-state index is 12.5. The molecule has 0 aromatic heterocycles. The van der Waals surface area contributed by atoms with E-state index in [1.807, 2.05) is 12.1 Å². The zero-order valence-corrected chi connectivity index (χ0v) is 15.7. The summed E-state index contributed by atoms with van der Waals surface area (Å²) in [5.41, 5.74) is -3.10. The first-order chi connectivity index (χ1) is 10.9. The highest BCUT2D eigenvalue weighted by Crippen LogP contribution is 2.38. The average molecular weight is 383 g/mol. The number of thioether (sulfide) groups is 1. The number of piperazine rings is 1. The van der Waals surface area contributed by atoms with Crippen molar-refractivity contribution in [3.63, 3.8) is 0 Å². The summed E-state index contributed by atoms with van der Waals surface area (Å²) < 4.78 is 37.4. The van der Waals surface area contributed by atoms with Crippen molar-refractivity contribution in [3.05, 3.63) is 29.8 Å². The number of rotatable bonds is 6. The zero-order valence-electron chi connectivity index (χ0n) is 14.1. The normalized spacial score (nSPS) is 18.7. The molecule has 138 valence electrons. The van der Waals surface area contributed by atoms with E-state index in [1.54, 1.807) is 12.1 Å². The summed E-state index contributed by atoms with van der Waals surface area (Å²) in [7, 11) is 0. The van der Waals surface area contributed by atoms with Crippen LogP contribution in [0.3, 0.4) is 0 Å². The van der Waals surface area contributed by atoms with E-state index in [1.165, 1.54) is 0 Å². The molecular formula is C17H26ClF3N2S. The number of nitrogens with one attached hydrogen (secondary N) is 1. The van der Waals surface area contributed by atoms with Crippen LogP contribution in [0, 0.1) is 5.92 Å². The molecule has 1 aliphatic rings. The maximum atomic E-state index is 12.5. The molecule has 2 atom stereocenters. The molecule has 0 radical (unpaired) electrons. The van der Waals surface area contributed by atoms with Gasteiger partial charge in [-0.1, -0.05) is 32.4 Å². The largest absolute Gasteiger partial charge is 0.446 e. The Bertz CT molecular complexity index is 476. The highest BCUT2D eigenvalue weighted by atomic mass is 35.5. The second-order valence-corrected chi connectivity index (χ2v) is 7.25. The van der Waals surface area contributed by atoms with Crippen LogP contribution < -0.4 is 5.32 Å². The first-order valence-corrected chi connectivity index (χ1v) is 9.03. The maximum Gasteiger partial charge on any atom is 0.446 e. The van der Waals surface area contributed by atoms with Crippen molar-refractivity contribution in [2.45, 2.75) is 43.1 Å². The molecule has 1 unspecified atom stereocenters. The fraction of sp³-hybridized carbons (Fsp3) is 0.647. The van der Waals surface area contributed by atoms with Gasteiger partial charge in [0.15, 0.2) is 0 Å². The van der Waals surface area contributed by atoms with E-state index in [4.69, 9.17) is 0 Å². The van der Waals surface area contributed by atoms with Crippen LogP contribution in [0.15, 0.2) is 29.2 Å². The Hall–Kier alpha value is -0.430. The average Bonchev–Trinajstić information content (AvgIpc) is 2.49. The molecule has 1 aliphatic heterocycles. The van der Waals surface area contributed by atoms with Gasteiger partial charge in [-0.05, 0) is 41.8 Å². The third kappa shape index (κ3) is 6.47. The number of alkyl halides is 3. The highest BCUT2D eigenvalue weighted by Gasteiger charge is 2.30. The van der Waals surface area contributed by atoms with Crippen LogP contribution in [0.5, 0.6) is 0 Å². The molecule has 0 amide bonds. The molecule has 0 spiro atoms. The third-order valence-corrected chi connectivity index (χ3v) is 5.02. The molecule has 0 saturated carbocycles. The number of hydrogen-bond acceptors (Lipinski definition) is 3. The number of hydrogen-bond donors (Lipinski definition) is 1. The second kappa shape index (κ2) is 9.90. The summed E-state index contributed by atoms with van der Waals surface area (Å²) in [5.74, 6) is 0.485. The van der Waals surface area contributed by atoms with Crippen molar-refractivity contribution in [2.24, 2.45) is 5.92 Å². The van der Waals surface area contributed by atoms with Gasteiger partial charge in [0.1, 0.15) is 0 Å². The Morgan fingerprint density at radius 3 is 2.25 bits per heavy atom. The van der Waals surface area contributed by atoms with Crippen molar-refractivity contribution in [1.82, 2.24) is 10.2 Å². The van der Waals surface area contributed by atoms with Crippen molar-refractivity contribution in [1.29, 1.82) is 0 Å². The van der Waals surface area contributed by atoms with Gasteiger partial charge in [-0.25, -0.2) is 0 Å². The first kappa shape index (κ1) is 21.6. The van der Waals surface area contributed by atoms with Crippen LogP contribution in [0.2, 0.25) is 0 Å². The summed E-state index contributed by atoms with van der Waals surface area (Å²) in [6, 6.07) is 7.21. The summed E-state index contributed by atoms with van der Waals surface area (Å²) in [4.78, 5) is 2.71. The van der Waals surface area contributed by atoms with Gasteiger partial charge in [0, 0.05) is 37.1 Å². The lowest BCUT2D eigenvalue weighted by Crippen LogP contribution is -2.46. The van der Waals surface area contributed by atoms with Gasteiger partial charge in [-0.15, -0.1) is 12.4 Å². The van der Waals surface area contributed by atoms with Gasteiger partial charge in [0.05, 0.1) is 0 Å². The molecule has 24 heavy (non-hydrogen) atoms. The predicted octanol–water partition coefficient (Wildman–Crippen LogP) is 5.10. The van der Waals surface area contributed by atoms with E-state index in [9.17, 15) is 13.2 Å². The van der Waals surface area contributed by atoms with E-state index in [-0.39, 0.29) is 35.1 Å². The Labute approximate surface area is 153 Å². The number of nitrogens with zero attached hydrogens (tertiary/aromatic N) is 1. The van der Waals surface area contributed by atoms with Crippen LogP contribution in [-0.4, -0.2) is 36.6 Å². The molecule has 2 rings (SSSR count). The van der Waals surface area contributed by atoms with E-state index in [0.29, 0.717) is 5.92 Å². The molecule has 1 saturated heterocycles. The second-order valence-electron chi connectivity index (χ2n) is 6.11.